The topological polar surface area (TPSA) is 53.6 Å². The maximum absolute atomic E-state index is 6.10. The molecule has 0 saturated carbocycles. The number of likely N-dealkylation sites (N-methyl/N-ethyl adjacent to an activating group) is 1. The maximum atomic E-state index is 6.10. The summed E-state index contributed by atoms with van der Waals surface area (Å²) >= 11 is 0. The summed E-state index contributed by atoms with van der Waals surface area (Å²) in [7, 11) is 1.86. The van der Waals surface area contributed by atoms with Crippen molar-refractivity contribution in [1.82, 2.24) is 10.3 Å². The van der Waals surface area contributed by atoms with Crippen LogP contribution in [0.3, 0.4) is 0 Å². The summed E-state index contributed by atoms with van der Waals surface area (Å²) in [5, 5.41) is 9.54. The second-order valence-corrected chi connectivity index (χ2v) is 5.00. The van der Waals surface area contributed by atoms with Gasteiger partial charge in [-0.1, -0.05) is 31.4 Å². The maximum Gasteiger partial charge on any atom is 0.0917 e. The van der Waals surface area contributed by atoms with Gasteiger partial charge < -0.3 is 11.1 Å². The molecule has 0 amide bonds. The zero-order valence-corrected chi connectivity index (χ0v) is 12.5. The number of nitrogen functional groups attached to an aromatic ring is 1. The molecule has 1 aliphatic rings. The number of nitrogens with two attached hydrogens (primary N) is 1. The molecule has 0 radical (unpaired) electrons. The quantitative estimate of drug-likeness (QED) is 0.623. The molecule has 1 aromatic rings. The zero-order valence-electron chi connectivity index (χ0n) is 12.5. The highest BCUT2D eigenvalue weighted by Gasteiger charge is 2.26. The molecule has 2 rings (SSSR count). The zero-order chi connectivity index (χ0) is 15.4. The normalized spacial score (nSPS) is 14.5. The summed E-state index contributed by atoms with van der Waals surface area (Å²) in [4.78, 5) is 0. The van der Waals surface area contributed by atoms with Gasteiger partial charge in [0.1, 0.15) is 0 Å². The van der Waals surface area contributed by atoms with E-state index < -0.39 is 0 Å². The Kier molecular flexibility index (Phi) is 4.48. The van der Waals surface area contributed by atoms with E-state index in [1.807, 2.05) is 42.5 Å². The van der Waals surface area contributed by atoms with Gasteiger partial charge in [0.05, 0.1) is 18.0 Å². The van der Waals surface area contributed by atoms with Crippen LogP contribution < -0.4 is 11.1 Å². The highest BCUT2D eigenvalue weighted by atomic mass is 15.5. The number of nitrogens with one attached hydrogen (secondary N) is 1. The fraction of sp³-hybridized carbons (Fsp3) is 0.235. The fourth-order valence-electron chi connectivity index (χ4n) is 2.49. The predicted octanol–water partition coefficient (Wildman–Crippen LogP) is 2.96. The molecular formula is C17H22N4. The molecule has 0 aliphatic carbocycles. The smallest absolute Gasteiger partial charge is 0.0917 e. The van der Waals surface area contributed by atoms with Gasteiger partial charge in [0.15, 0.2) is 0 Å². The van der Waals surface area contributed by atoms with Crippen LogP contribution in [0.2, 0.25) is 0 Å². The lowest BCUT2D eigenvalue weighted by molar-refractivity contribution is 0.320. The van der Waals surface area contributed by atoms with Crippen LogP contribution in [0.1, 0.15) is 24.0 Å². The largest absolute Gasteiger partial charge is 0.398 e. The van der Waals surface area contributed by atoms with E-state index in [1.54, 1.807) is 0 Å². The van der Waals surface area contributed by atoms with Crippen molar-refractivity contribution in [3.63, 3.8) is 0 Å². The number of rotatable bonds is 6. The van der Waals surface area contributed by atoms with Crippen molar-refractivity contribution in [1.29, 1.82) is 0 Å². The van der Waals surface area contributed by atoms with Crippen LogP contribution >= 0.6 is 0 Å². The van der Waals surface area contributed by atoms with Crippen molar-refractivity contribution in [3.05, 3.63) is 60.8 Å². The number of fused-ring (bicyclic) bond motifs is 1. The Hall–Kier alpha value is -2.49. The molecule has 4 nitrogen and oxygen atoms in total. The van der Waals surface area contributed by atoms with E-state index in [0.29, 0.717) is 5.69 Å². The molecule has 1 aliphatic heterocycles. The van der Waals surface area contributed by atoms with Crippen LogP contribution in [0.5, 0.6) is 0 Å². The molecule has 1 heterocycles. The Morgan fingerprint density at radius 2 is 2.29 bits per heavy atom. The monoisotopic (exact) mass is 282 g/mol. The Bertz CT molecular complexity index is 601. The molecular weight excluding hydrogens is 260 g/mol. The van der Waals surface area contributed by atoms with Crippen LogP contribution in [0.15, 0.2) is 54.8 Å². The average molecular weight is 282 g/mol. The first-order valence-electron chi connectivity index (χ1n) is 6.98. The number of benzene rings is 1. The van der Waals surface area contributed by atoms with E-state index in [4.69, 9.17) is 5.73 Å². The Balaban J connectivity index is 2.36. The standard InChI is InChI=1S/C17H22N4/c1-5-6-10-16(12(2)19-4)21-13(3)17-14(11-20-21)8-7-9-15(17)18/h5,7-9,11,16,19H,1-3,6,10,18H2,4H3. The van der Waals surface area contributed by atoms with E-state index in [-0.39, 0.29) is 6.04 Å². The van der Waals surface area contributed by atoms with Crippen molar-refractivity contribution in [2.24, 2.45) is 5.10 Å². The first-order valence-corrected chi connectivity index (χ1v) is 6.98. The van der Waals surface area contributed by atoms with E-state index in [2.05, 4.69) is 30.2 Å². The van der Waals surface area contributed by atoms with Gasteiger partial charge in [0, 0.05) is 29.6 Å². The molecule has 110 valence electrons. The van der Waals surface area contributed by atoms with Gasteiger partial charge in [0.2, 0.25) is 0 Å². The summed E-state index contributed by atoms with van der Waals surface area (Å²) in [6.07, 6.45) is 5.46. The molecule has 1 atom stereocenters. The average Bonchev–Trinajstić information content (AvgIpc) is 2.49. The van der Waals surface area contributed by atoms with Gasteiger partial charge in [-0.15, -0.1) is 6.58 Å². The molecule has 4 heteroatoms. The van der Waals surface area contributed by atoms with Crippen LogP contribution in [-0.4, -0.2) is 24.3 Å². The minimum absolute atomic E-state index is 0.0181. The van der Waals surface area contributed by atoms with Crippen LogP contribution in [0.25, 0.3) is 5.70 Å². The summed E-state index contributed by atoms with van der Waals surface area (Å²) in [6, 6.07) is 5.81. The van der Waals surface area contributed by atoms with Crippen molar-refractivity contribution in [2.45, 2.75) is 18.9 Å². The van der Waals surface area contributed by atoms with Gasteiger partial charge in [-0.05, 0) is 18.9 Å². The van der Waals surface area contributed by atoms with E-state index in [0.717, 1.165) is 35.4 Å². The lowest BCUT2D eigenvalue weighted by atomic mass is 9.99. The van der Waals surface area contributed by atoms with Gasteiger partial charge in [-0.2, -0.15) is 5.10 Å². The second-order valence-electron chi connectivity index (χ2n) is 5.00. The SMILES string of the molecule is C=CCCC(C(=C)NC)N1N=Cc2cccc(N)c2C1=C. The summed E-state index contributed by atoms with van der Waals surface area (Å²) in [5.41, 5.74) is 10.5. The molecule has 0 bridgehead atoms. The van der Waals surface area contributed by atoms with Crippen molar-refractivity contribution >= 4 is 17.6 Å². The minimum Gasteiger partial charge on any atom is -0.398 e. The predicted molar refractivity (Wildman–Crippen MR) is 90.7 cm³/mol. The lowest BCUT2D eigenvalue weighted by Crippen LogP contribution is -2.36. The molecule has 21 heavy (non-hydrogen) atoms. The summed E-state index contributed by atoms with van der Waals surface area (Å²) in [5.74, 6) is 0. The van der Waals surface area contributed by atoms with Crippen molar-refractivity contribution < 1.29 is 0 Å². The molecule has 3 N–H and O–H groups in total. The van der Waals surface area contributed by atoms with E-state index >= 15 is 0 Å². The number of nitrogens with zero attached hydrogens (tertiary/aromatic N) is 2. The Labute approximate surface area is 126 Å². The van der Waals surface area contributed by atoms with E-state index in [1.165, 1.54) is 0 Å². The first-order chi connectivity index (χ1) is 10.1. The Morgan fingerprint density at radius 1 is 1.52 bits per heavy atom. The lowest BCUT2D eigenvalue weighted by Gasteiger charge is -2.35. The number of anilines is 1. The summed E-state index contributed by atoms with van der Waals surface area (Å²) in [6.45, 7) is 12.0. The van der Waals surface area contributed by atoms with Crippen LogP contribution in [0, 0.1) is 0 Å². The number of allylic oxidation sites excluding steroid dienone is 1. The number of hydrogen-bond donors (Lipinski definition) is 2. The Morgan fingerprint density at radius 3 is 2.95 bits per heavy atom. The van der Waals surface area contributed by atoms with Gasteiger partial charge >= 0.3 is 0 Å². The highest BCUT2D eigenvalue weighted by Crippen LogP contribution is 2.33. The van der Waals surface area contributed by atoms with E-state index in [9.17, 15) is 0 Å². The number of hydrogen-bond acceptors (Lipinski definition) is 4. The summed E-state index contributed by atoms with van der Waals surface area (Å²) < 4.78 is 0. The molecule has 0 spiro atoms. The third-order valence-electron chi connectivity index (χ3n) is 3.68. The van der Waals surface area contributed by atoms with Crippen molar-refractivity contribution in [3.8, 4) is 0 Å². The highest BCUT2D eigenvalue weighted by molar-refractivity contribution is 5.94. The molecule has 1 aromatic carbocycles. The minimum atomic E-state index is 0.0181. The van der Waals surface area contributed by atoms with Crippen LogP contribution in [-0.2, 0) is 0 Å². The number of hydrazone groups is 1. The van der Waals surface area contributed by atoms with Gasteiger partial charge in [-0.25, -0.2) is 0 Å². The fourth-order valence-corrected chi connectivity index (χ4v) is 2.49. The third-order valence-corrected chi connectivity index (χ3v) is 3.68. The first kappa shape index (κ1) is 14.9. The molecule has 0 aromatic heterocycles. The molecule has 1 unspecified atom stereocenters. The molecule has 0 fully saturated rings. The van der Waals surface area contributed by atoms with Crippen molar-refractivity contribution in [2.75, 3.05) is 12.8 Å². The van der Waals surface area contributed by atoms with Gasteiger partial charge in [0.25, 0.3) is 0 Å². The van der Waals surface area contributed by atoms with Gasteiger partial charge in [-0.3, -0.25) is 5.01 Å². The second kappa shape index (κ2) is 6.31. The molecule has 0 saturated heterocycles. The van der Waals surface area contributed by atoms with Crippen LogP contribution in [0.4, 0.5) is 5.69 Å². The third kappa shape index (κ3) is 2.84.